The Morgan fingerprint density at radius 3 is 1.06 bits per heavy atom. The van der Waals surface area contributed by atoms with Gasteiger partial charge in [-0.1, -0.05) is 212 Å². The standard InChI is InChI=1S/3C11H9NO2.2C10H10N2.3C10H9NO/c12-8-5-7-3-1-2-4-9(7)10(6-8)11(13)14;12-10-6-8-4-2-1-3-7(8)5-9(10)11(13)14;12-9-6-5-7-3-1-2-4-8(7)10(9)11(13)14;11-9-5-7-3-1-2-4-8(7)6-10(9)12;11-9-6-5-7-3-1-2-4-8(7)10(9)12;11-8-5-7-3-1-2-4-9(7)10(12)6-8;11-9-5-7-3-1-2-4-8(7)6-10(9)12;11-9-6-5-7-3-1-2-4-8(7)10(9)12/h3*1-6H,12H2,(H,13,14);2*1-6H,11-12H2;3*1-6,12H,11H2. The first-order chi connectivity index (χ1) is 48.9. The number of phenols is 3. The van der Waals surface area contributed by atoms with Gasteiger partial charge in [0.1, 0.15) is 17.2 Å². The molecule has 0 aliphatic rings. The van der Waals surface area contributed by atoms with E-state index in [1.165, 1.54) is 6.07 Å². The molecular weight excluding hydrogens is 1280 g/mol. The average Bonchev–Trinajstić information content (AvgIpc) is 0.827. The summed E-state index contributed by atoms with van der Waals surface area (Å²) in [6.45, 7) is 0. The predicted octanol–water partition coefficient (Wildman–Crippen LogP) is 16.8. The molecule has 19 heteroatoms. The number of aromatic hydroxyl groups is 3. The van der Waals surface area contributed by atoms with Gasteiger partial charge in [-0.15, -0.1) is 0 Å². The highest BCUT2D eigenvalue weighted by atomic mass is 16.4. The monoisotopic (exact) mass is 1350 g/mol. The minimum Gasteiger partial charge on any atom is -0.507 e. The molecule has 0 spiro atoms. The van der Waals surface area contributed by atoms with Gasteiger partial charge in [-0.2, -0.15) is 0 Å². The van der Waals surface area contributed by atoms with Gasteiger partial charge in [0, 0.05) is 45.0 Å². The molecular formula is C83H74N10O9. The molecule has 26 N–H and O–H groups in total. The summed E-state index contributed by atoms with van der Waals surface area (Å²) in [5.74, 6) is -2.37. The molecule has 19 nitrogen and oxygen atoms in total. The summed E-state index contributed by atoms with van der Waals surface area (Å²) in [6.07, 6.45) is 0. The van der Waals surface area contributed by atoms with E-state index in [9.17, 15) is 29.7 Å². The van der Waals surface area contributed by atoms with Crippen molar-refractivity contribution in [3.05, 3.63) is 308 Å². The molecule has 0 fully saturated rings. The number of hydrogen-bond donors (Lipinski definition) is 16. The molecule has 16 aromatic carbocycles. The third-order valence-electron chi connectivity index (χ3n) is 16.1. The van der Waals surface area contributed by atoms with Crippen molar-refractivity contribution in [3.63, 3.8) is 0 Å². The number of aromatic carboxylic acids is 3. The van der Waals surface area contributed by atoms with E-state index < -0.39 is 17.9 Å². The molecule has 0 radical (unpaired) electrons. The minimum absolute atomic E-state index is 0.147. The number of nitrogens with two attached hydrogens (primary N) is 10. The first-order valence-corrected chi connectivity index (χ1v) is 31.5. The third kappa shape index (κ3) is 17.9. The van der Waals surface area contributed by atoms with Gasteiger partial charge < -0.3 is 88.0 Å². The van der Waals surface area contributed by atoms with Crippen molar-refractivity contribution in [1.82, 2.24) is 0 Å². The second kappa shape index (κ2) is 32.9. The number of phenolic OH excluding ortho intramolecular Hbond substituents is 3. The molecule has 0 saturated heterocycles. The molecule has 0 heterocycles. The number of benzene rings is 16. The normalized spacial score (nSPS) is 10.3. The lowest BCUT2D eigenvalue weighted by molar-refractivity contribution is 0.0687. The zero-order valence-corrected chi connectivity index (χ0v) is 54.9. The van der Waals surface area contributed by atoms with Crippen LogP contribution in [0, 0.1) is 0 Å². The molecule has 102 heavy (non-hydrogen) atoms. The molecule has 0 saturated carbocycles. The number of carboxylic acids is 3. The van der Waals surface area contributed by atoms with E-state index in [0.29, 0.717) is 67.6 Å². The van der Waals surface area contributed by atoms with Gasteiger partial charge in [0.05, 0.1) is 50.8 Å². The zero-order chi connectivity index (χ0) is 73.1. The Hall–Kier alpha value is -14.6. The van der Waals surface area contributed by atoms with Crippen LogP contribution >= 0.6 is 0 Å². The molecule has 0 aromatic heterocycles. The maximum atomic E-state index is 11.0. The number of fused-ring (bicyclic) bond motifs is 8. The zero-order valence-electron chi connectivity index (χ0n) is 54.9. The third-order valence-corrected chi connectivity index (χ3v) is 16.1. The van der Waals surface area contributed by atoms with Crippen molar-refractivity contribution in [1.29, 1.82) is 0 Å². The Bertz CT molecular complexity index is 5470. The Morgan fingerprint density at radius 2 is 0.569 bits per heavy atom. The van der Waals surface area contributed by atoms with E-state index in [-0.39, 0.29) is 33.9 Å². The number of nitrogen functional groups attached to an aromatic ring is 10. The quantitative estimate of drug-likeness (QED) is 0.0577. The van der Waals surface area contributed by atoms with E-state index >= 15 is 0 Å². The summed E-state index contributed by atoms with van der Waals surface area (Å²) in [4.78, 5) is 32.7. The van der Waals surface area contributed by atoms with Crippen molar-refractivity contribution >= 4 is 161 Å². The first-order valence-electron chi connectivity index (χ1n) is 31.5. The van der Waals surface area contributed by atoms with Crippen molar-refractivity contribution in [2.24, 2.45) is 0 Å². The second-order valence-corrected chi connectivity index (χ2v) is 23.1. The van der Waals surface area contributed by atoms with Crippen LogP contribution in [-0.2, 0) is 0 Å². The fourth-order valence-corrected chi connectivity index (χ4v) is 10.9. The second-order valence-electron chi connectivity index (χ2n) is 23.1. The van der Waals surface area contributed by atoms with Gasteiger partial charge in [0.15, 0.2) is 0 Å². The molecule has 0 unspecified atom stereocenters. The van der Waals surface area contributed by atoms with Gasteiger partial charge in [-0.3, -0.25) is 0 Å². The molecule has 16 rings (SSSR count). The number of hydrogen-bond acceptors (Lipinski definition) is 16. The van der Waals surface area contributed by atoms with E-state index in [1.54, 1.807) is 66.7 Å². The fourth-order valence-electron chi connectivity index (χ4n) is 10.9. The van der Waals surface area contributed by atoms with Crippen LogP contribution in [0.5, 0.6) is 17.2 Å². The van der Waals surface area contributed by atoms with Crippen LogP contribution in [0.4, 0.5) is 56.9 Å². The summed E-state index contributed by atoms with van der Waals surface area (Å²) < 4.78 is 0. The smallest absolute Gasteiger partial charge is 0.338 e. The number of rotatable bonds is 3. The Kier molecular flexibility index (Phi) is 23.1. The minimum atomic E-state index is -0.992. The van der Waals surface area contributed by atoms with Crippen LogP contribution in [0.25, 0.3) is 86.2 Å². The van der Waals surface area contributed by atoms with E-state index in [2.05, 4.69) is 0 Å². The topological polar surface area (TPSA) is 433 Å². The van der Waals surface area contributed by atoms with Crippen molar-refractivity contribution in [3.8, 4) is 17.2 Å². The first kappa shape index (κ1) is 71.7. The predicted molar refractivity (Wildman–Crippen MR) is 422 cm³/mol. The van der Waals surface area contributed by atoms with Crippen molar-refractivity contribution in [2.45, 2.75) is 0 Å². The number of carboxylic acid groups (broad SMARTS) is 3. The highest BCUT2D eigenvalue weighted by Crippen LogP contribution is 2.33. The van der Waals surface area contributed by atoms with Crippen LogP contribution in [-0.4, -0.2) is 48.5 Å². The van der Waals surface area contributed by atoms with Gasteiger partial charge >= 0.3 is 17.9 Å². The molecule has 0 bridgehead atoms. The van der Waals surface area contributed by atoms with Gasteiger partial charge in [-0.25, -0.2) is 14.4 Å². The largest absolute Gasteiger partial charge is 0.507 e. The highest BCUT2D eigenvalue weighted by Gasteiger charge is 2.13. The molecule has 0 aliphatic carbocycles. The van der Waals surface area contributed by atoms with Crippen LogP contribution in [0.1, 0.15) is 31.1 Å². The summed E-state index contributed by atoms with van der Waals surface area (Å²) in [5.41, 5.74) is 61.9. The summed E-state index contributed by atoms with van der Waals surface area (Å²) in [5, 5.41) is 70.1. The van der Waals surface area contributed by atoms with E-state index in [4.69, 9.17) is 72.7 Å². The van der Waals surface area contributed by atoms with Crippen LogP contribution in [0.15, 0.2) is 291 Å². The molecule has 0 amide bonds. The SMILES string of the molecule is Nc1cc(C(=O)O)c2ccccc2c1.Nc1cc(O)c2ccccc2c1.Nc1cc2ccccc2cc1C(=O)O.Nc1cc2ccccc2cc1N.Nc1cc2ccccc2cc1O.Nc1ccc2ccccc2c1C(=O)O.Nc1ccc2ccccc2c1N.Nc1ccc2ccccc2c1O. The Labute approximate surface area is 585 Å². The maximum absolute atomic E-state index is 11.0. The number of anilines is 10. The summed E-state index contributed by atoms with van der Waals surface area (Å²) in [7, 11) is 0. The fraction of sp³-hybridized carbons (Fsp3) is 0. The molecule has 510 valence electrons. The van der Waals surface area contributed by atoms with Gasteiger partial charge in [0.2, 0.25) is 0 Å². The lowest BCUT2D eigenvalue weighted by atomic mass is 10.0. The van der Waals surface area contributed by atoms with Gasteiger partial charge in [-0.05, 0) is 143 Å². The highest BCUT2D eigenvalue weighted by molar-refractivity contribution is 6.09. The summed E-state index contributed by atoms with van der Waals surface area (Å²) in [6, 6.07) is 89.0. The van der Waals surface area contributed by atoms with Crippen LogP contribution in [0.2, 0.25) is 0 Å². The molecule has 0 atom stereocenters. The maximum Gasteiger partial charge on any atom is 0.338 e. The van der Waals surface area contributed by atoms with E-state index in [0.717, 1.165) is 75.4 Å². The Balaban J connectivity index is 0.000000136. The van der Waals surface area contributed by atoms with Crippen molar-refractivity contribution in [2.75, 3.05) is 57.3 Å². The van der Waals surface area contributed by atoms with Gasteiger partial charge in [0.25, 0.3) is 0 Å². The lowest BCUT2D eigenvalue weighted by Crippen LogP contribution is -2.02. The summed E-state index contributed by atoms with van der Waals surface area (Å²) >= 11 is 0. The average molecular weight is 1360 g/mol. The Morgan fingerprint density at radius 1 is 0.225 bits per heavy atom. The molecule has 16 aromatic rings. The molecule has 0 aliphatic heterocycles. The van der Waals surface area contributed by atoms with Crippen molar-refractivity contribution < 1.29 is 45.0 Å². The number of carbonyl (C=O) groups is 3. The lowest BCUT2D eigenvalue weighted by Gasteiger charge is -2.04. The van der Waals surface area contributed by atoms with Crippen LogP contribution < -0.4 is 57.3 Å². The van der Waals surface area contributed by atoms with Crippen LogP contribution in [0.3, 0.4) is 0 Å². The van der Waals surface area contributed by atoms with E-state index in [1.807, 2.05) is 218 Å².